The van der Waals surface area contributed by atoms with Crippen molar-refractivity contribution in [3.8, 4) is 17.3 Å². The molecule has 5 heterocycles. The predicted molar refractivity (Wildman–Crippen MR) is 138 cm³/mol. The fraction of sp³-hybridized carbons (Fsp3) is 0.560. The third-order valence-electron chi connectivity index (χ3n) is 6.71. The van der Waals surface area contributed by atoms with E-state index in [-0.39, 0.29) is 10.8 Å². The SMILES string of the molecule is COc1cc(-c2nc(N3CCOCC3C)cc(C3(C)CCCS3)n2)c2cc[nH]c2n1.NC1CC1. The molecule has 3 aliphatic rings. The smallest absolute Gasteiger partial charge is 0.215 e. The van der Waals surface area contributed by atoms with Gasteiger partial charge in [0, 0.05) is 41.9 Å². The van der Waals surface area contributed by atoms with Gasteiger partial charge in [0.2, 0.25) is 5.88 Å². The predicted octanol–water partition coefficient (Wildman–Crippen LogP) is 4.10. The average Bonchev–Trinajstić information content (AvgIpc) is 3.29. The average molecular weight is 483 g/mol. The molecule has 0 aromatic carbocycles. The number of H-pyrrole nitrogens is 1. The lowest BCUT2D eigenvalue weighted by molar-refractivity contribution is 0.0985. The minimum Gasteiger partial charge on any atom is -0.481 e. The number of nitrogens with one attached hydrogen (secondary N) is 1. The largest absolute Gasteiger partial charge is 0.481 e. The first kappa shape index (κ1) is 23.4. The van der Waals surface area contributed by atoms with E-state index >= 15 is 0 Å². The molecule has 0 bridgehead atoms. The summed E-state index contributed by atoms with van der Waals surface area (Å²) in [4.78, 5) is 20.2. The molecular formula is C25H34N6O2S. The van der Waals surface area contributed by atoms with Crippen LogP contribution in [0.3, 0.4) is 0 Å². The Bertz CT molecular complexity index is 1140. The fourth-order valence-electron chi connectivity index (χ4n) is 4.42. The molecule has 3 fully saturated rings. The zero-order chi connectivity index (χ0) is 23.7. The van der Waals surface area contributed by atoms with E-state index in [1.54, 1.807) is 7.11 Å². The van der Waals surface area contributed by atoms with E-state index in [0.29, 0.717) is 18.5 Å². The van der Waals surface area contributed by atoms with Crippen LogP contribution in [0, 0.1) is 0 Å². The highest BCUT2D eigenvalue weighted by Crippen LogP contribution is 2.46. The highest BCUT2D eigenvalue weighted by molar-refractivity contribution is 8.00. The Morgan fingerprint density at radius 2 is 2.09 bits per heavy atom. The molecular weight excluding hydrogens is 448 g/mol. The number of nitrogens with zero attached hydrogens (tertiary/aromatic N) is 4. The van der Waals surface area contributed by atoms with E-state index in [2.05, 4.69) is 34.8 Å². The lowest BCUT2D eigenvalue weighted by Crippen LogP contribution is -2.44. The number of morpholine rings is 1. The minimum atomic E-state index is 0.0103. The van der Waals surface area contributed by atoms with Gasteiger partial charge in [0.1, 0.15) is 11.5 Å². The number of hydrogen-bond acceptors (Lipinski definition) is 8. The molecule has 3 aromatic heterocycles. The topological polar surface area (TPSA) is 102 Å². The van der Waals surface area contributed by atoms with Crippen LogP contribution < -0.4 is 15.4 Å². The Hall–Kier alpha value is -2.36. The fourth-order valence-corrected chi connectivity index (χ4v) is 5.70. The summed E-state index contributed by atoms with van der Waals surface area (Å²) in [7, 11) is 1.63. The Labute approximate surface area is 205 Å². The van der Waals surface area contributed by atoms with Gasteiger partial charge in [-0.05, 0) is 51.3 Å². The molecule has 9 heteroatoms. The number of anilines is 1. The third kappa shape index (κ3) is 4.87. The minimum absolute atomic E-state index is 0.0103. The molecule has 1 saturated carbocycles. The summed E-state index contributed by atoms with van der Waals surface area (Å²) in [5.41, 5.74) is 8.04. The Morgan fingerprint density at radius 1 is 1.26 bits per heavy atom. The van der Waals surface area contributed by atoms with Gasteiger partial charge in [-0.15, -0.1) is 11.8 Å². The summed E-state index contributed by atoms with van der Waals surface area (Å²) in [6.07, 6.45) is 6.77. The van der Waals surface area contributed by atoms with Gasteiger partial charge < -0.3 is 25.1 Å². The second-order valence-corrected chi connectivity index (χ2v) is 11.1. The van der Waals surface area contributed by atoms with Crippen molar-refractivity contribution in [3.05, 3.63) is 30.1 Å². The van der Waals surface area contributed by atoms with Crippen LogP contribution in [0.2, 0.25) is 0 Å². The Morgan fingerprint density at radius 3 is 2.76 bits per heavy atom. The number of pyridine rings is 1. The number of aromatic nitrogens is 4. The maximum atomic E-state index is 5.66. The first-order valence-corrected chi connectivity index (χ1v) is 13.1. The van der Waals surface area contributed by atoms with Crippen LogP contribution >= 0.6 is 11.8 Å². The summed E-state index contributed by atoms with van der Waals surface area (Å²) in [5, 5.41) is 0.998. The number of nitrogens with two attached hydrogens (primary N) is 1. The van der Waals surface area contributed by atoms with E-state index in [0.717, 1.165) is 53.5 Å². The highest BCUT2D eigenvalue weighted by Gasteiger charge is 2.35. The quantitative estimate of drug-likeness (QED) is 0.573. The van der Waals surface area contributed by atoms with E-state index in [9.17, 15) is 0 Å². The second-order valence-electron chi connectivity index (χ2n) is 9.52. The number of fused-ring (bicyclic) bond motifs is 1. The molecule has 3 N–H and O–H groups in total. The van der Waals surface area contributed by atoms with E-state index in [1.807, 2.05) is 30.1 Å². The molecule has 0 amide bonds. The van der Waals surface area contributed by atoms with Gasteiger partial charge in [-0.2, -0.15) is 4.98 Å². The van der Waals surface area contributed by atoms with Crippen molar-refractivity contribution in [2.75, 3.05) is 37.5 Å². The molecule has 182 valence electrons. The van der Waals surface area contributed by atoms with E-state index in [1.165, 1.54) is 25.0 Å². The number of aromatic amines is 1. The van der Waals surface area contributed by atoms with Gasteiger partial charge in [-0.1, -0.05) is 0 Å². The van der Waals surface area contributed by atoms with Crippen LogP contribution in [0.15, 0.2) is 24.4 Å². The van der Waals surface area contributed by atoms with Crippen molar-refractivity contribution in [3.63, 3.8) is 0 Å². The molecule has 2 saturated heterocycles. The van der Waals surface area contributed by atoms with Gasteiger partial charge >= 0.3 is 0 Å². The molecule has 2 aliphatic heterocycles. The maximum absolute atomic E-state index is 5.66. The van der Waals surface area contributed by atoms with Crippen LogP contribution in [0.25, 0.3) is 22.4 Å². The summed E-state index contributed by atoms with van der Waals surface area (Å²) in [6.45, 7) is 6.76. The second kappa shape index (κ2) is 9.71. The zero-order valence-electron chi connectivity index (χ0n) is 20.2. The van der Waals surface area contributed by atoms with Gasteiger partial charge in [-0.25, -0.2) is 9.97 Å². The Kier molecular flexibility index (Phi) is 6.68. The molecule has 2 atom stereocenters. The number of rotatable bonds is 4. The van der Waals surface area contributed by atoms with Crippen LogP contribution in [0.1, 0.15) is 45.2 Å². The lowest BCUT2D eigenvalue weighted by Gasteiger charge is -2.35. The van der Waals surface area contributed by atoms with Gasteiger partial charge in [0.05, 0.1) is 36.8 Å². The standard InChI is InChI=1S/C22H27N5O2S.C3H7N/c1-14-13-29-9-8-27(14)18-12-17(22(2)6-4-10-30-22)24-21(25-18)16-11-19(28-3)26-20-15(16)5-7-23-20;4-3-1-2-3/h5,7,11-12,14H,4,6,8-10,13H2,1-3H3,(H,23,26);3H,1-2,4H2. The monoisotopic (exact) mass is 482 g/mol. The van der Waals surface area contributed by atoms with Crippen molar-refractivity contribution in [1.82, 2.24) is 19.9 Å². The summed E-state index contributed by atoms with van der Waals surface area (Å²) < 4.78 is 11.1. The van der Waals surface area contributed by atoms with Gasteiger partial charge in [0.15, 0.2) is 5.82 Å². The van der Waals surface area contributed by atoms with Gasteiger partial charge in [0.25, 0.3) is 0 Å². The van der Waals surface area contributed by atoms with Crippen molar-refractivity contribution >= 4 is 28.6 Å². The first-order chi connectivity index (χ1) is 16.5. The zero-order valence-corrected chi connectivity index (χ0v) is 21.0. The molecule has 6 rings (SSSR count). The molecule has 0 spiro atoms. The van der Waals surface area contributed by atoms with Crippen LogP contribution in [0.4, 0.5) is 5.82 Å². The number of hydrogen-bond donors (Lipinski definition) is 2. The third-order valence-corrected chi connectivity index (χ3v) is 8.26. The Balaban J connectivity index is 0.000000547. The molecule has 3 aromatic rings. The van der Waals surface area contributed by atoms with E-state index < -0.39 is 0 Å². The molecule has 1 aliphatic carbocycles. The van der Waals surface area contributed by atoms with Crippen LogP contribution in [-0.2, 0) is 9.48 Å². The molecule has 2 unspecified atom stereocenters. The van der Waals surface area contributed by atoms with Crippen LogP contribution in [0.5, 0.6) is 5.88 Å². The summed E-state index contributed by atoms with van der Waals surface area (Å²) in [6, 6.07) is 7.01. The number of methoxy groups -OCH3 is 1. The maximum Gasteiger partial charge on any atom is 0.215 e. The van der Waals surface area contributed by atoms with Crippen molar-refractivity contribution in [2.45, 2.75) is 56.4 Å². The molecule has 34 heavy (non-hydrogen) atoms. The summed E-state index contributed by atoms with van der Waals surface area (Å²) in [5.74, 6) is 3.42. The first-order valence-electron chi connectivity index (χ1n) is 12.1. The van der Waals surface area contributed by atoms with Crippen molar-refractivity contribution < 1.29 is 9.47 Å². The number of thioether (sulfide) groups is 1. The summed E-state index contributed by atoms with van der Waals surface area (Å²) >= 11 is 1.99. The van der Waals surface area contributed by atoms with Crippen molar-refractivity contribution in [2.24, 2.45) is 5.73 Å². The van der Waals surface area contributed by atoms with Crippen LogP contribution in [-0.4, -0.2) is 64.6 Å². The molecule has 0 radical (unpaired) electrons. The number of ether oxygens (including phenoxy) is 2. The van der Waals surface area contributed by atoms with Crippen molar-refractivity contribution in [1.29, 1.82) is 0 Å². The molecule has 8 nitrogen and oxygen atoms in total. The van der Waals surface area contributed by atoms with E-state index in [4.69, 9.17) is 25.2 Å². The normalized spacial score (nSPS) is 24.7. The lowest BCUT2D eigenvalue weighted by atomic mass is 10.0. The highest BCUT2D eigenvalue weighted by atomic mass is 32.2. The van der Waals surface area contributed by atoms with Gasteiger partial charge in [-0.3, -0.25) is 0 Å².